The van der Waals surface area contributed by atoms with E-state index < -0.39 is 23.9 Å². The number of carbonyl (C=O) groups excluding carboxylic acids is 1. The van der Waals surface area contributed by atoms with Crippen LogP contribution in [0.5, 0.6) is 0 Å². The van der Waals surface area contributed by atoms with Gasteiger partial charge in [-0.1, -0.05) is 84.0 Å². The van der Waals surface area contributed by atoms with E-state index in [4.69, 9.17) is 15.9 Å². The van der Waals surface area contributed by atoms with Crippen molar-refractivity contribution in [3.05, 3.63) is 0 Å². The van der Waals surface area contributed by atoms with Crippen molar-refractivity contribution in [3.8, 4) is 0 Å². The molecule has 0 aliphatic carbocycles. The van der Waals surface area contributed by atoms with E-state index in [1.54, 1.807) is 0 Å². The molecule has 4 N–H and O–H groups in total. The number of hydrogen-bond donors (Lipinski definition) is 3. The molecule has 1 atom stereocenters. The van der Waals surface area contributed by atoms with Gasteiger partial charge in [-0.05, 0) is 12.8 Å². The van der Waals surface area contributed by atoms with E-state index in [2.05, 4.69) is 6.92 Å². The van der Waals surface area contributed by atoms with Gasteiger partial charge in [0.05, 0.1) is 5.97 Å². The van der Waals surface area contributed by atoms with Crippen molar-refractivity contribution in [2.45, 2.75) is 116 Å². The van der Waals surface area contributed by atoms with Gasteiger partial charge in [-0.15, -0.1) is 0 Å². The fourth-order valence-corrected chi connectivity index (χ4v) is 2.69. The topological polar surface area (TPSA) is 141 Å². The molecule has 0 spiro atoms. The molecule has 0 aliphatic heterocycles. The molecule has 0 aromatic heterocycles. The third kappa shape index (κ3) is 32.3. The Morgan fingerprint density at radius 1 is 0.724 bits per heavy atom. The fourth-order valence-electron chi connectivity index (χ4n) is 2.69. The number of nitrogens with two attached hydrogens (primary N) is 1. The summed E-state index contributed by atoms with van der Waals surface area (Å²) in [7, 11) is 0. The maximum Gasteiger partial charge on any atom is 1.00 e. The largest absolute Gasteiger partial charge is 1.00 e. The minimum atomic E-state index is -1.42. The summed E-state index contributed by atoms with van der Waals surface area (Å²) >= 11 is 0. The summed E-state index contributed by atoms with van der Waals surface area (Å²) < 4.78 is 0. The van der Waals surface area contributed by atoms with Crippen molar-refractivity contribution < 1.29 is 59.3 Å². The molecule has 0 saturated heterocycles. The normalized spacial score (nSPS) is 11.0. The van der Waals surface area contributed by atoms with Crippen molar-refractivity contribution in [2.75, 3.05) is 0 Å². The van der Waals surface area contributed by atoms with E-state index >= 15 is 0 Å². The maximum absolute atomic E-state index is 10.3. The molecule has 8 heteroatoms. The van der Waals surface area contributed by atoms with Crippen LogP contribution in [0.2, 0.25) is 0 Å². The standard InChI is InChI=1S/C16H32O2.C5H9NO4.Na/c1-2-3-4-5-6-7-8-9-10-11-12-13-14-15-16(17)18;6-3(5(9)10)1-2-4(7)8;/h2-15H2,1H3,(H,17,18);3H,1-2,6H2,(H,7,8)(H,9,10);/q;;+1/p-1. The maximum atomic E-state index is 10.3. The zero-order valence-corrected chi connectivity index (χ0v) is 20.5. The number of carbonyl (C=O) groups is 3. The van der Waals surface area contributed by atoms with Crippen LogP contribution in [0.3, 0.4) is 0 Å². The van der Waals surface area contributed by atoms with Crippen molar-refractivity contribution in [1.82, 2.24) is 0 Å². The first kappa shape index (κ1) is 33.0. The van der Waals surface area contributed by atoms with Gasteiger partial charge >= 0.3 is 41.5 Å². The molecule has 0 radical (unpaired) electrons. The number of unbranched alkanes of at least 4 members (excludes halogenated alkanes) is 12. The van der Waals surface area contributed by atoms with Gasteiger partial charge in [-0.3, -0.25) is 9.59 Å². The van der Waals surface area contributed by atoms with Crippen molar-refractivity contribution >= 4 is 17.9 Å². The average Bonchev–Trinajstić information content (AvgIpc) is 2.63. The Balaban J connectivity index is -0.000000525. The first-order valence-corrected chi connectivity index (χ1v) is 10.7. The predicted molar refractivity (Wildman–Crippen MR) is 108 cm³/mol. The van der Waals surface area contributed by atoms with Gasteiger partial charge in [-0.25, -0.2) is 0 Å². The molecule has 7 nitrogen and oxygen atoms in total. The van der Waals surface area contributed by atoms with Crippen molar-refractivity contribution in [3.63, 3.8) is 0 Å². The Hall–Kier alpha value is -0.630. The SMILES string of the molecule is CCCCCCCCCCCCCCCC(=O)O.NC(CCC(=O)O)C(=O)[O-].[Na+]. The summed E-state index contributed by atoms with van der Waals surface area (Å²) in [5.41, 5.74) is 4.94. The molecular formula is C21H40NNaO6. The first-order chi connectivity index (χ1) is 13.3. The summed E-state index contributed by atoms with van der Waals surface area (Å²) in [6.07, 6.45) is 16.9. The quantitative estimate of drug-likeness (QED) is 0.214. The third-order valence-corrected chi connectivity index (χ3v) is 4.47. The molecule has 0 rings (SSSR count). The molecule has 0 saturated carbocycles. The smallest absolute Gasteiger partial charge is 0.548 e. The summed E-state index contributed by atoms with van der Waals surface area (Å²) in [5, 5.41) is 26.4. The zero-order chi connectivity index (χ0) is 21.6. The monoisotopic (exact) mass is 425 g/mol. The average molecular weight is 426 g/mol. The summed E-state index contributed by atoms with van der Waals surface area (Å²) in [5.74, 6) is -3.13. The van der Waals surface area contributed by atoms with E-state index in [9.17, 15) is 19.5 Å². The first-order valence-electron chi connectivity index (χ1n) is 10.7. The van der Waals surface area contributed by atoms with Crippen molar-refractivity contribution in [2.24, 2.45) is 5.73 Å². The van der Waals surface area contributed by atoms with Gasteiger partial charge in [-0.2, -0.15) is 0 Å². The second kappa shape index (κ2) is 25.4. The van der Waals surface area contributed by atoms with Crippen LogP contribution in [0.1, 0.15) is 110 Å². The number of hydrogen-bond acceptors (Lipinski definition) is 5. The van der Waals surface area contributed by atoms with Crippen LogP contribution in [-0.4, -0.2) is 34.2 Å². The minimum absolute atomic E-state index is 0. The summed E-state index contributed by atoms with van der Waals surface area (Å²) in [6, 6.07) is -1.17. The van der Waals surface area contributed by atoms with Crippen LogP contribution in [0.25, 0.3) is 0 Å². The molecule has 29 heavy (non-hydrogen) atoms. The van der Waals surface area contributed by atoms with E-state index in [-0.39, 0.29) is 42.4 Å². The second-order valence-electron chi connectivity index (χ2n) is 7.24. The van der Waals surface area contributed by atoms with Gasteiger partial charge < -0.3 is 25.8 Å². The molecule has 0 aliphatic rings. The van der Waals surface area contributed by atoms with Gasteiger partial charge in [0.25, 0.3) is 0 Å². The van der Waals surface area contributed by atoms with E-state index in [1.807, 2.05) is 0 Å². The molecule has 1 unspecified atom stereocenters. The Kier molecular flexibility index (Phi) is 28.9. The number of rotatable bonds is 18. The Morgan fingerprint density at radius 3 is 1.38 bits per heavy atom. The van der Waals surface area contributed by atoms with Crippen LogP contribution < -0.4 is 40.4 Å². The number of carboxylic acids is 3. The fraction of sp³-hybridized carbons (Fsp3) is 0.857. The molecule has 0 aromatic carbocycles. The van der Waals surface area contributed by atoms with Gasteiger partial charge in [0.2, 0.25) is 0 Å². The Bertz CT molecular complexity index is 407. The Morgan fingerprint density at radius 2 is 1.07 bits per heavy atom. The number of aliphatic carboxylic acids is 3. The predicted octanol–water partition coefficient (Wildman–Crippen LogP) is 0.485. The summed E-state index contributed by atoms with van der Waals surface area (Å²) in [6.45, 7) is 2.26. The Labute approximate surface area is 198 Å². The summed E-state index contributed by atoms with van der Waals surface area (Å²) in [4.78, 5) is 30.0. The molecular weight excluding hydrogens is 385 g/mol. The minimum Gasteiger partial charge on any atom is -0.548 e. The molecule has 0 amide bonds. The van der Waals surface area contributed by atoms with Gasteiger partial charge in [0.1, 0.15) is 0 Å². The molecule has 0 heterocycles. The molecule has 0 aromatic rings. The van der Waals surface area contributed by atoms with Crippen LogP contribution in [0.15, 0.2) is 0 Å². The molecule has 0 fully saturated rings. The number of carboxylic acid groups (broad SMARTS) is 3. The second-order valence-corrected chi connectivity index (χ2v) is 7.24. The van der Waals surface area contributed by atoms with Crippen LogP contribution in [-0.2, 0) is 14.4 Å². The third-order valence-electron chi connectivity index (χ3n) is 4.47. The van der Waals surface area contributed by atoms with Gasteiger partial charge in [0.15, 0.2) is 0 Å². The zero-order valence-electron chi connectivity index (χ0n) is 18.5. The van der Waals surface area contributed by atoms with Crippen LogP contribution in [0.4, 0.5) is 0 Å². The van der Waals surface area contributed by atoms with E-state index in [0.717, 1.165) is 12.8 Å². The van der Waals surface area contributed by atoms with Gasteiger partial charge in [0, 0.05) is 18.9 Å². The van der Waals surface area contributed by atoms with Crippen LogP contribution >= 0.6 is 0 Å². The van der Waals surface area contributed by atoms with E-state index in [1.165, 1.54) is 70.6 Å². The van der Waals surface area contributed by atoms with Crippen LogP contribution in [0, 0.1) is 0 Å². The molecule has 166 valence electrons. The van der Waals surface area contributed by atoms with Crippen molar-refractivity contribution in [1.29, 1.82) is 0 Å². The van der Waals surface area contributed by atoms with E-state index in [0.29, 0.717) is 6.42 Å². The molecule has 0 bridgehead atoms.